The van der Waals surface area contributed by atoms with E-state index in [-0.39, 0.29) is 0 Å². The Morgan fingerprint density at radius 1 is 1.16 bits per heavy atom. The van der Waals surface area contributed by atoms with E-state index in [1.54, 1.807) is 37.4 Å². The van der Waals surface area contributed by atoms with Crippen LogP contribution in [0, 0.1) is 22.7 Å². The van der Waals surface area contributed by atoms with Crippen LogP contribution in [0.4, 0.5) is 11.4 Å². The van der Waals surface area contributed by atoms with Crippen molar-refractivity contribution >= 4 is 11.4 Å². The summed E-state index contributed by atoms with van der Waals surface area (Å²) in [6, 6.07) is 12.6. The van der Waals surface area contributed by atoms with E-state index in [1.165, 1.54) is 6.20 Å². The Kier molecular flexibility index (Phi) is 3.61. The van der Waals surface area contributed by atoms with Crippen LogP contribution in [0.25, 0.3) is 0 Å². The highest BCUT2D eigenvalue weighted by Gasteiger charge is 2.09. The minimum atomic E-state index is 0.339. The summed E-state index contributed by atoms with van der Waals surface area (Å²) in [4.78, 5) is 3.96. The molecule has 0 radical (unpaired) electrons. The van der Waals surface area contributed by atoms with Gasteiger partial charge in [-0.15, -0.1) is 0 Å². The summed E-state index contributed by atoms with van der Waals surface area (Å²) in [6.45, 7) is 0. The average Bonchev–Trinajstić information content (AvgIpc) is 2.48. The fraction of sp³-hybridized carbons (Fsp3) is 0.0714. The predicted octanol–water partition coefficient (Wildman–Crippen LogP) is 2.58. The van der Waals surface area contributed by atoms with Gasteiger partial charge < -0.3 is 10.1 Å². The van der Waals surface area contributed by atoms with Gasteiger partial charge in [0.2, 0.25) is 0 Å². The van der Waals surface area contributed by atoms with Crippen molar-refractivity contribution in [3.63, 3.8) is 0 Å². The van der Waals surface area contributed by atoms with E-state index in [9.17, 15) is 0 Å². The molecular weight excluding hydrogens is 240 g/mol. The molecule has 92 valence electrons. The molecule has 1 N–H and O–H groups in total. The van der Waals surface area contributed by atoms with E-state index < -0.39 is 0 Å². The van der Waals surface area contributed by atoms with Crippen molar-refractivity contribution in [3.8, 4) is 17.9 Å². The van der Waals surface area contributed by atoms with Gasteiger partial charge in [0.15, 0.2) is 0 Å². The van der Waals surface area contributed by atoms with E-state index in [0.29, 0.717) is 28.4 Å². The zero-order valence-electron chi connectivity index (χ0n) is 10.2. The number of ether oxygens (including phenoxy) is 1. The fourth-order valence-electron chi connectivity index (χ4n) is 1.60. The van der Waals surface area contributed by atoms with Gasteiger partial charge in [-0.1, -0.05) is 6.07 Å². The Hall–Kier alpha value is -3.05. The number of para-hydroxylation sites is 1. The SMILES string of the molecule is COc1cccc(C#N)c1Nc1ccc(C#N)nc1. The summed E-state index contributed by atoms with van der Waals surface area (Å²) in [7, 11) is 1.54. The number of nitrogens with one attached hydrogen (secondary N) is 1. The summed E-state index contributed by atoms with van der Waals surface area (Å²) in [5, 5.41) is 20.9. The number of benzene rings is 1. The van der Waals surface area contributed by atoms with Crippen LogP contribution >= 0.6 is 0 Å². The van der Waals surface area contributed by atoms with Gasteiger partial charge in [0.1, 0.15) is 23.6 Å². The number of rotatable bonds is 3. The first-order valence-corrected chi connectivity index (χ1v) is 5.48. The van der Waals surface area contributed by atoms with Gasteiger partial charge in [-0.3, -0.25) is 0 Å². The second-order valence-corrected chi connectivity index (χ2v) is 3.66. The molecule has 19 heavy (non-hydrogen) atoms. The molecular formula is C14H10N4O. The number of nitrogens with zero attached hydrogens (tertiary/aromatic N) is 3. The number of hydrogen-bond donors (Lipinski definition) is 1. The minimum absolute atomic E-state index is 0.339. The highest BCUT2D eigenvalue weighted by molar-refractivity contribution is 5.72. The zero-order chi connectivity index (χ0) is 13.7. The van der Waals surface area contributed by atoms with Crippen molar-refractivity contribution < 1.29 is 4.74 Å². The third-order valence-corrected chi connectivity index (χ3v) is 2.51. The molecule has 5 nitrogen and oxygen atoms in total. The van der Waals surface area contributed by atoms with Crippen LogP contribution in [0.15, 0.2) is 36.5 Å². The molecule has 1 heterocycles. The first-order valence-electron chi connectivity index (χ1n) is 5.48. The molecule has 0 unspecified atom stereocenters. The lowest BCUT2D eigenvalue weighted by atomic mass is 10.1. The first kappa shape index (κ1) is 12.4. The Balaban J connectivity index is 2.37. The quantitative estimate of drug-likeness (QED) is 0.905. The highest BCUT2D eigenvalue weighted by atomic mass is 16.5. The van der Waals surface area contributed by atoms with Gasteiger partial charge in [-0.05, 0) is 24.3 Å². The van der Waals surface area contributed by atoms with Gasteiger partial charge in [0.05, 0.1) is 30.2 Å². The third-order valence-electron chi connectivity index (χ3n) is 2.51. The largest absolute Gasteiger partial charge is 0.495 e. The number of methoxy groups -OCH3 is 1. The second kappa shape index (κ2) is 5.52. The lowest BCUT2D eigenvalue weighted by Crippen LogP contribution is -1.98. The van der Waals surface area contributed by atoms with Crippen molar-refractivity contribution in [1.82, 2.24) is 4.98 Å². The molecule has 0 spiro atoms. The number of pyridine rings is 1. The third kappa shape index (κ3) is 2.62. The normalized spacial score (nSPS) is 9.21. The van der Waals surface area contributed by atoms with Crippen molar-refractivity contribution in [2.75, 3.05) is 12.4 Å². The van der Waals surface area contributed by atoms with Gasteiger partial charge >= 0.3 is 0 Å². The van der Waals surface area contributed by atoms with E-state index >= 15 is 0 Å². The van der Waals surface area contributed by atoms with Crippen molar-refractivity contribution in [3.05, 3.63) is 47.8 Å². The highest BCUT2D eigenvalue weighted by Crippen LogP contribution is 2.30. The Labute approximate surface area is 110 Å². The monoisotopic (exact) mass is 250 g/mol. The summed E-state index contributed by atoms with van der Waals surface area (Å²) >= 11 is 0. The number of nitriles is 2. The Bertz CT molecular complexity index is 665. The van der Waals surface area contributed by atoms with Gasteiger partial charge in [0.25, 0.3) is 0 Å². The van der Waals surface area contributed by atoms with E-state index in [4.69, 9.17) is 15.3 Å². The van der Waals surface area contributed by atoms with Gasteiger partial charge in [-0.25, -0.2) is 4.98 Å². The molecule has 2 rings (SSSR count). The minimum Gasteiger partial charge on any atom is -0.495 e. The van der Waals surface area contributed by atoms with Gasteiger partial charge in [-0.2, -0.15) is 10.5 Å². The first-order chi connectivity index (χ1) is 9.28. The van der Waals surface area contributed by atoms with E-state index in [0.717, 1.165) is 0 Å². The number of hydrogen-bond acceptors (Lipinski definition) is 5. The molecule has 0 aliphatic heterocycles. The lowest BCUT2D eigenvalue weighted by Gasteiger charge is -2.12. The summed E-state index contributed by atoms with van der Waals surface area (Å²) in [5.41, 5.74) is 2.08. The average molecular weight is 250 g/mol. The van der Waals surface area contributed by atoms with Crippen LogP contribution in [0.3, 0.4) is 0 Å². The number of anilines is 2. The topological polar surface area (TPSA) is 81.7 Å². The zero-order valence-corrected chi connectivity index (χ0v) is 10.2. The molecule has 1 aromatic carbocycles. The molecule has 2 aromatic rings. The standard InChI is InChI=1S/C14H10N4O/c1-19-13-4-2-3-10(7-15)14(13)18-12-6-5-11(8-16)17-9-12/h2-6,9,18H,1H3. The second-order valence-electron chi connectivity index (χ2n) is 3.66. The summed E-state index contributed by atoms with van der Waals surface area (Å²) in [5.74, 6) is 0.573. The van der Waals surface area contributed by atoms with Gasteiger partial charge in [0, 0.05) is 0 Å². The Morgan fingerprint density at radius 2 is 2.00 bits per heavy atom. The van der Waals surface area contributed by atoms with Crippen LogP contribution < -0.4 is 10.1 Å². The lowest BCUT2D eigenvalue weighted by molar-refractivity contribution is 0.416. The molecule has 0 bridgehead atoms. The van der Waals surface area contributed by atoms with Crippen molar-refractivity contribution in [2.45, 2.75) is 0 Å². The molecule has 0 aliphatic rings. The summed E-state index contributed by atoms with van der Waals surface area (Å²) < 4.78 is 5.22. The molecule has 0 saturated carbocycles. The molecule has 1 aromatic heterocycles. The van der Waals surface area contributed by atoms with Crippen LogP contribution in [-0.4, -0.2) is 12.1 Å². The molecule has 0 atom stereocenters. The molecule has 5 heteroatoms. The van der Waals surface area contributed by atoms with Crippen LogP contribution in [0.5, 0.6) is 5.75 Å². The van der Waals surface area contributed by atoms with Crippen molar-refractivity contribution in [1.29, 1.82) is 10.5 Å². The molecule has 0 amide bonds. The van der Waals surface area contributed by atoms with Crippen LogP contribution in [0.1, 0.15) is 11.3 Å². The van der Waals surface area contributed by atoms with Crippen LogP contribution in [0.2, 0.25) is 0 Å². The molecule has 0 saturated heterocycles. The van der Waals surface area contributed by atoms with E-state index in [2.05, 4.69) is 16.4 Å². The summed E-state index contributed by atoms with van der Waals surface area (Å²) in [6.07, 6.45) is 1.53. The fourth-order valence-corrected chi connectivity index (χ4v) is 1.60. The maximum absolute atomic E-state index is 9.09. The maximum atomic E-state index is 9.09. The van der Waals surface area contributed by atoms with E-state index in [1.807, 2.05) is 6.07 Å². The maximum Gasteiger partial charge on any atom is 0.143 e. The molecule has 0 aliphatic carbocycles. The smallest absolute Gasteiger partial charge is 0.143 e. The van der Waals surface area contributed by atoms with Crippen molar-refractivity contribution in [2.24, 2.45) is 0 Å². The van der Waals surface area contributed by atoms with Crippen LogP contribution in [-0.2, 0) is 0 Å². The number of aromatic nitrogens is 1. The Morgan fingerprint density at radius 3 is 2.58 bits per heavy atom. The molecule has 0 fully saturated rings. The predicted molar refractivity (Wildman–Crippen MR) is 69.9 cm³/mol.